The highest BCUT2D eigenvalue weighted by molar-refractivity contribution is 6.34. The summed E-state index contributed by atoms with van der Waals surface area (Å²) in [6.45, 7) is 0. The number of halogens is 1. The number of nitro groups is 1. The number of carbonyl (C=O) groups excluding carboxylic acids is 1. The van der Waals surface area contributed by atoms with Gasteiger partial charge in [0.1, 0.15) is 5.75 Å². The lowest BCUT2D eigenvalue weighted by Crippen LogP contribution is -2.08. The van der Waals surface area contributed by atoms with Gasteiger partial charge in [0.25, 0.3) is 5.69 Å². The summed E-state index contributed by atoms with van der Waals surface area (Å²) < 4.78 is 5.04. The Labute approximate surface area is 137 Å². The van der Waals surface area contributed by atoms with Crippen LogP contribution in [0.3, 0.4) is 0 Å². The lowest BCUT2D eigenvalue weighted by Gasteiger charge is -2.04. The molecule has 0 aliphatic carbocycles. The number of benzene rings is 2. The Bertz CT molecular complexity index is 757. The molecule has 0 spiro atoms. The minimum absolute atomic E-state index is 0.149. The van der Waals surface area contributed by atoms with Gasteiger partial charge >= 0.3 is 0 Å². The van der Waals surface area contributed by atoms with Crippen molar-refractivity contribution in [3.05, 3.63) is 69.2 Å². The van der Waals surface area contributed by atoms with E-state index in [-0.39, 0.29) is 16.4 Å². The zero-order valence-electron chi connectivity index (χ0n) is 12.2. The van der Waals surface area contributed by atoms with Crippen LogP contribution in [0.2, 0.25) is 5.02 Å². The average molecular weight is 333 g/mol. The minimum atomic E-state index is -0.556. The van der Waals surface area contributed by atoms with Gasteiger partial charge in [-0.2, -0.15) is 0 Å². The zero-order valence-corrected chi connectivity index (χ0v) is 12.9. The Morgan fingerprint density at radius 2 is 1.96 bits per heavy atom. The Balaban J connectivity index is 2.08. The first-order valence-corrected chi connectivity index (χ1v) is 6.94. The number of nitrogens with one attached hydrogen (secondary N) is 1. The molecule has 2 aromatic carbocycles. The number of methoxy groups -OCH3 is 1. The Morgan fingerprint density at radius 3 is 2.57 bits per heavy atom. The van der Waals surface area contributed by atoms with Gasteiger partial charge < -0.3 is 10.1 Å². The molecule has 0 unspecified atom stereocenters. The molecule has 0 heterocycles. The Hall–Kier alpha value is -2.86. The third-order valence-corrected chi connectivity index (χ3v) is 3.29. The molecular weight excluding hydrogens is 320 g/mol. The molecule has 23 heavy (non-hydrogen) atoms. The van der Waals surface area contributed by atoms with E-state index in [2.05, 4.69) is 5.32 Å². The molecule has 0 aliphatic rings. The quantitative estimate of drug-likeness (QED) is 0.511. The Kier molecular flexibility index (Phi) is 5.32. The highest BCUT2D eigenvalue weighted by atomic mass is 35.5. The summed E-state index contributed by atoms with van der Waals surface area (Å²) in [7, 11) is 1.57. The lowest BCUT2D eigenvalue weighted by molar-refractivity contribution is -0.384. The maximum atomic E-state index is 11.9. The van der Waals surface area contributed by atoms with Crippen molar-refractivity contribution in [3.8, 4) is 5.75 Å². The normalized spacial score (nSPS) is 10.5. The fraction of sp³-hybridized carbons (Fsp3) is 0.0625. The number of non-ortho nitro benzene ring substituents is 1. The topological polar surface area (TPSA) is 81.5 Å². The first-order valence-electron chi connectivity index (χ1n) is 6.56. The van der Waals surface area contributed by atoms with E-state index in [0.29, 0.717) is 0 Å². The summed E-state index contributed by atoms with van der Waals surface area (Å²) in [5, 5.41) is 13.5. The van der Waals surface area contributed by atoms with E-state index >= 15 is 0 Å². The predicted octanol–water partition coefficient (Wildman–Crippen LogP) is 3.91. The first kappa shape index (κ1) is 16.5. The van der Waals surface area contributed by atoms with Crippen molar-refractivity contribution >= 4 is 35.0 Å². The van der Waals surface area contributed by atoms with E-state index in [4.69, 9.17) is 16.3 Å². The molecule has 6 nitrogen and oxygen atoms in total. The van der Waals surface area contributed by atoms with Crippen LogP contribution < -0.4 is 10.1 Å². The van der Waals surface area contributed by atoms with Gasteiger partial charge in [-0.1, -0.05) is 23.7 Å². The van der Waals surface area contributed by atoms with Crippen LogP contribution in [0.25, 0.3) is 6.08 Å². The highest BCUT2D eigenvalue weighted by Crippen LogP contribution is 2.26. The number of rotatable bonds is 5. The summed E-state index contributed by atoms with van der Waals surface area (Å²) in [5.41, 5.74) is 0.847. The third kappa shape index (κ3) is 4.55. The van der Waals surface area contributed by atoms with Crippen LogP contribution in [0.1, 0.15) is 5.56 Å². The number of carbonyl (C=O) groups is 1. The van der Waals surface area contributed by atoms with Gasteiger partial charge in [-0.3, -0.25) is 14.9 Å². The number of ether oxygens (including phenoxy) is 1. The van der Waals surface area contributed by atoms with E-state index < -0.39 is 10.8 Å². The van der Waals surface area contributed by atoms with Crippen molar-refractivity contribution in [2.45, 2.75) is 0 Å². The summed E-state index contributed by atoms with van der Waals surface area (Å²) in [5.74, 6) is 0.276. The van der Waals surface area contributed by atoms with Crippen LogP contribution in [0.4, 0.5) is 11.4 Å². The molecule has 7 heteroatoms. The molecule has 2 rings (SSSR count). The number of hydrogen-bond acceptors (Lipinski definition) is 4. The van der Waals surface area contributed by atoms with Gasteiger partial charge in [-0.15, -0.1) is 0 Å². The zero-order chi connectivity index (χ0) is 16.8. The SMILES string of the molecule is COc1ccc(/C=C/C(=O)Nc2cc([N+](=O)[O-])ccc2Cl)cc1. The molecule has 0 aromatic heterocycles. The fourth-order valence-corrected chi connectivity index (χ4v) is 1.95. The molecule has 0 fully saturated rings. The molecule has 118 valence electrons. The summed E-state index contributed by atoms with van der Waals surface area (Å²) in [4.78, 5) is 22.1. The molecular formula is C16H13ClN2O4. The number of amides is 1. The van der Waals surface area contributed by atoms with Crippen LogP contribution in [0, 0.1) is 10.1 Å². The molecule has 0 aliphatic heterocycles. The maximum absolute atomic E-state index is 11.9. The van der Waals surface area contributed by atoms with Gasteiger partial charge in [-0.05, 0) is 29.8 Å². The fourth-order valence-electron chi connectivity index (χ4n) is 1.78. The van der Waals surface area contributed by atoms with Gasteiger partial charge in [0.2, 0.25) is 5.91 Å². The van der Waals surface area contributed by atoms with Crippen molar-refractivity contribution in [1.82, 2.24) is 0 Å². The minimum Gasteiger partial charge on any atom is -0.497 e. The van der Waals surface area contributed by atoms with Crippen molar-refractivity contribution in [2.24, 2.45) is 0 Å². The number of nitro benzene ring substituents is 1. The summed E-state index contributed by atoms with van der Waals surface area (Å²) in [6, 6.07) is 11.0. The van der Waals surface area contributed by atoms with E-state index in [1.807, 2.05) is 0 Å². The van der Waals surface area contributed by atoms with E-state index in [1.54, 1.807) is 37.5 Å². The van der Waals surface area contributed by atoms with Crippen LogP contribution >= 0.6 is 11.6 Å². The van der Waals surface area contributed by atoms with Crippen molar-refractivity contribution in [1.29, 1.82) is 0 Å². The highest BCUT2D eigenvalue weighted by Gasteiger charge is 2.10. The predicted molar refractivity (Wildman–Crippen MR) is 88.8 cm³/mol. The van der Waals surface area contributed by atoms with Gasteiger partial charge in [0.15, 0.2) is 0 Å². The van der Waals surface area contributed by atoms with Gasteiger partial charge in [0.05, 0.1) is 22.7 Å². The average Bonchev–Trinajstić information content (AvgIpc) is 2.55. The molecule has 0 atom stereocenters. The number of anilines is 1. The standard InChI is InChI=1S/C16H13ClN2O4/c1-23-13-6-2-11(3-7-13)4-9-16(20)18-15-10-12(19(21)22)5-8-14(15)17/h2-10H,1H3,(H,18,20)/b9-4+. The van der Waals surface area contributed by atoms with Crippen molar-refractivity contribution < 1.29 is 14.5 Å². The van der Waals surface area contributed by atoms with Gasteiger partial charge in [-0.25, -0.2) is 0 Å². The Morgan fingerprint density at radius 1 is 1.26 bits per heavy atom. The van der Waals surface area contributed by atoms with Crippen molar-refractivity contribution in [2.75, 3.05) is 12.4 Å². The molecule has 0 bridgehead atoms. The monoisotopic (exact) mass is 332 g/mol. The summed E-state index contributed by atoms with van der Waals surface area (Å²) in [6.07, 6.45) is 2.93. The number of nitrogens with zero attached hydrogens (tertiary/aromatic N) is 1. The second kappa shape index (κ2) is 7.42. The smallest absolute Gasteiger partial charge is 0.271 e. The number of hydrogen-bond donors (Lipinski definition) is 1. The maximum Gasteiger partial charge on any atom is 0.271 e. The third-order valence-electron chi connectivity index (χ3n) is 2.96. The second-order valence-electron chi connectivity index (χ2n) is 4.52. The first-order chi connectivity index (χ1) is 11.0. The van der Waals surface area contributed by atoms with E-state index in [0.717, 1.165) is 11.3 Å². The molecule has 1 N–H and O–H groups in total. The molecule has 0 radical (unpaired) electrons. The van der Waals surface area contributed by atoms with E-state index in [1.165, 1.54) is 24.3 Å². The molecule has 0 saturated heterocycles. The summed E-state index contributed by atoms with van der Waals surface area (Å²) >= 11 is 5.92. The van der Waals surface area contributed by atoms with E-state index in [9.17, 15) is 14.9 Å². The van der Waals surface area contributed by atoms with Crippen molar-refractivity contribution in [3.63, 3.8) is 0 Å². The molecule has 1 amide bonds. The lowest BCUT2D eigenvalue weighted by atomic mass is 10.2. The van der Waals surface area contributed by atoms with Crippen LogP contribution in [-0.2, 0) is 4.79 Å². The van der Waals surface area contributed by atoms with Gasteiger partial charge in [0, 0.05) is 18.2 Å². The largest absolute Gasteiger partial charge is 0.497 e. The van der Waals surface area contributed by atoms with Crippen LogP contribution in [0.5, 0.6) is 5.75 Å². The second-order valence-corrected chi connectivity index (χ2v) is 4.92. The molecule has 0 saturated carbocycles. The van der Waals surface area contributed by atoms with Crippen LogP contribution in [-0.4, -0.2) is 17.9 Å². The molecule has 2 aromatic rings. The van der Waals surface area contributed by atoms with Crippen LogP contribution in [0.15, 0.2) is 48.5 Å².